The van der Waals surface area contributed by atoms with Crippen LogP contribution in [-0.4, -0.2) is 41.2 Å². The zero-order valence-electron chi connectivity index (χ0n) is 19.1. The van der Waals surface area contributed by atoms with Gasteiger partial charge in [-0.2, -0.15) is 0 Å². The molecule has 8 heteroatoms. The number of amides is 1. The van der Waals surface area contributed by atoms with Crippen LogP contribution in [0.5, 0.6) is 0 Å². The first-order valence-corrected chi connectivity index (χ1v) is 10.8. The molecule has 0 aliphatic carbocycles. The summed E-state index contributed by atoms with van der Waals surface area (Å²) in [6, 6.07) is 13.9. The van der Waals surface area contributed by atoms with E-state index >= 15 is 0 Å². The molecule has 166 valence electrons. The number of nitrogens with zero attached hydrogens (tertiary/aromatic N) is 1. The van der Waals surface area contributed by atoms with E-state index in [4.69, 9.17) is 16.3 Å². The van der Waals surface area contributed by atoms with E-state index in [1.165, 1.54) is 0 Å². The van der Waals surface area contributed by atoms with Crippen molar-refractivity contribution in [2.45, 2.75) is 57.8 Å². The summed E-state index contributed by atoms with van der Waals surface area (Å²) in [5, 5.41) is 15.4. The van der Waals surface area contributed by atoms with Crippen molar-refractivity contribution < 1.29 is 38.3 Å². The minimum Gasteiger partial charge on any atom is -0.548 e. The summed E-state index contributed by atoms with van der Waals surface area (Å²) in [5.41, 5.74) is 2.44. The third kappa shape index (κ3) is 7.28. The maximum Gasteiger partial charge on any atom is 1.00 e. The van der Waals surface area contributed by atoms with Gasteiger partial charge in [0, 0.05) is 18.1 Å². The van der Waals surface area contributed by atoms with Gasteiger partial charge < -0.3 is 20.0 Å². The first-order valence-electron chi connectivity index (χ1n) is 10.4. The van der Waals surface area contributed by atoms with Gasteiger partial charge in [-0.3, -0.25) is 4.90 Å². The molecule has 1 aliphatic heterocycles. The van der Waals surface area contributed by atoms with Crippen molar-refractivity contribution in [1.82, 2.24) is 10.2 Å². The van der Waals surface area contributed by atoms with Gasteiger partial charge in [0.25, 0.3) is 0 Å². The monoisotopic (exact) mass is 450 g/mol. The smallest absolute Gasteiger partial charge is 0.548 e. The van der Waals surface area contributed by atoms with Crippen molar-refractivity contribution >= 4 is 23.7 Å². The number of rotatable bonds is 6. The summed E-state index contributed by atoms with van der Waals surface area (Å²) in [6.07, 6.45) is 0.467. The summed E-state index contributed by atoms with van der Waals surface area (Å²) in [6.45, 7) is 6.21. The molecular weight excluding hydrogens is 423 g/mol. The van der Waals surface area contributed by atoms with Crippen LogP contribution in [0, 0.1) is 0 Å². The summed E-state index contributed by atoms with van der Waals surface area (Å²) in [4.78, 5) is 26.3. The summed E-state index contributed by atoms with van der Waals surface area (Å²) >= 11 is 5.91. The Morgan fingerprint density at radius 1 is 1.16 bits per heavy atom. The van der Waals surface area contributed by atoms with E-state index in [9.17, 15) is 14.7 Å². The molecule has 0 aromatic heterocycles. The van der Waals surface area contributed by atoms with E-state index in [0.29, 0.717) is 24.5 Å². The molecule has 32 heavy (non-hydrogen) atoms. The van der Waals surface area contributed by atoms with Crippen LogP contribution in [0.15, 0.2) is 48.5 Å². The van der Waals surface area contributed by atoms with Crippen LogP contribution in [0.1, 0.15) is 37.5 Å². The first-order chi connectivity index (χ1) is 14.6. The molecule has 0 saturated carbocycles. The SMILES string of the molecule is CC(C)(C)OC(=O)N1Cc2ccccc2C[C@@H]1CN[C@H](Cc1ccc(Cl)cc1)C(=O)[O-].[Li+]. The van der Waals surface area contributed by atoms with Crippen molar-refractivity contribution in [1.29, 1.82) is 0 Å². The number of carboxylic acids is 1. The Labute approximate surface area is 206 Å². The molecular formula is C24H28ClLiN2O4. The first kappa shape index (κ1) is 26.3. The molecule has 0 unspecified atom stereocenters. The number of carbonyl (C=O) groups excluding carboxylic acids is 2. The molecule has 6 nitrogen and oxygen atoms in total. The van der Waals surface area contributed by atoms with Crippen LogP contribution in [0.25, 0.3) is 0 Å². The topological polar surface area (TPSA) is 81.7 Å². The maximum atomic E-state index is 12.9. The van der Waals surface area contributed by atoms with Gasteiger partial charge in [-0.25, -0.2) is 4.79 Å². The van der Waals surface area contributed by atoms with Gasteiger partial charge in [-0.05, 0) is 62.4 Å². The van der Waals surface area contributed by atoms with E-state index in [1.54, 1.807) is 29.2 Å². The van der Waals surface area contributed by atoms with E-state index in [-0.39, 0.29) is 31.3 Å². The van der Waals surface area contributed by atoms with Crippen LogP contribution in [0.3, 0.4) is 0 Å². The molecule has 0 bridgehead atoms. The average Bonchev–Trinajstić information content (AvgIpc) is 2.70. The molecule has 1 aliphatic rings. The number of ether oxygens (including phenoxy) is 1. The Bertz CT molecular complexity index is 930. The van der Waals surface area contributed by atoms with Crippen LogP contribution < -0.4 is 29.3 Å². The number of benzene rings is 2. The minimum absolute atomic E-state index is 0. The summed E-state index contributed by atoms with van der Waals surface area (Å²) < 4.78 is 5.60. The standard InChI is InChI=1S/C24H29ClN2O4.Li/c1-24(2,3)31-23(30)27-15-18-7-5-4-6-17(18)13-20(27)14-26-21(22(28)29)12-16-8-10-19(25)11-9-16;/h4-11,20-21,26H,12-15H2,1-3H3,(H,28,29);/q;+1/p-1/t20-,21-;/m1./s1. The number of nitrogens with one attached hydrogen (secondary N) is 1. The van der Waals surface area contributed by atoms with Gasteiger partial charge in [0.15, 0.2) is 0 Å². The Balaban J connectivity index is 0.00000363. The van der Waals surface area contributed by atoms with Crippen LogP contribution in [0.4, 0.5) is 4.79 Å². The Hall–Kier alpha value is -1.97. The molecule has 0 fully saturated rings. The number of fused-ring (bicyclic) bond motifs is 1. The fourth-order valence-corrected chi connectivity index (χ4v) is 3.80. The zero-order valence-corrected chi connectivity index (χ0v) is 19.8. The molecule has 0 radical (unpaired) electrons. The van der Waals surface area contributed by atoms with Crippen molar-refractivity contribution in [3.05, 3.63) is 70.2 Å². The molecule has 0 saturated heterocycles. The number of hydrogen-bond donors (Lipinski definition) is 1. The fourth-order valence-electron chi connectivity index (χ4n) is 3.68. The van der Waals surface area contributed by atoms with E-state index in [0.717, 1.165) is 16.7 Å². The molecule has 0 spiro atoms. The largest absolute Gasteiger partial charge is 1.00 e. The normalized spacial score (nSPS) is 16.5. The molecule has 2 aromatic carbocycles. The third-order valence-electron chi connectivity index (χ3n) is 5.22. The number of carbonyl (C=O) groups is 2. The van der Waals surface area contributed by atoms with Crippen LogP contribution in [-0.2, 0) is 28.9 Å². The Morgan fingerprint density at radius 3 is 2.38 bits per heavy atom. The van der Waals surface area contributed by atoms with Crippen molar-refractivity contribution in [3.8, 4) is 0 Å². The minimum atomic E-state index is -1.19. The quantitative estimate of drug-likeness (QED) is 0.624. The number of aliphatic carboxylic acids is 1. The number of hydrogen-bond acceptors (Lipinski definition) is 5. The molecule has 2 atom stereocenters. The Kier molecular flexibility index (Phi) is 9.24. The average molecular weight is 451 g/mol. The molecule has 2 aromatic rings. The number of halogens is 1. The predicted octanol–water partition coefficient (Wildman–Crippen LogP) is -0.0434. The van der Waals surface area contributed by atoms with Gasteiger partial charge in [0.2, 0.25) is 0 Å². The fraction of sp³-hybridized carbons (Fsp3) is 0.417. The molecule has 1 N–H and O–H groups in total. The third-order valence-corrected chi connectivity index (χ3v) is 5.47. The van der Waals surface area contributed by atoms with Gasteiger partial charge in [0.05, 0.1) is 18.1 Å². The molecule has 1 amide bonds. The predicted molar refractivity (Wildman–Crippen MR) is 118 cm³/mol. The second-order valence-corrected chi connectivity index (χ2v) is 9.28. The van der Waals surface area contributed by atoms with E-state index < -0.39 is 23.7 Å². The van der Waals surface area contributed by atoms with Crippen molar-refractivity contribution in [2.75, 3.05) is 6.54 Å². The zero-order chi connectivity index (χ0) is 22.6. The second kappa shape index (κ2) is 11.2. The van der Waals surface area contributed by atoms with E-state index in [1.807, 2.05) is 45.0 Å². The van der Waals surface area contributed by atoms with E-state index in [2.05, 4.69) is 5.32 Å². The number of carboxylic acid groups (broad SMARTS) is 1. The van der Waals surface area contributed by atoms with Crippen LogP contribution >= 0.6 is 11.6 Å². The Morgan fingerprint density at radius 2 is 1.78 bits per heavy atom. The second-order valence-electron chi connectivity index (χ2n) is 8.85. The van der Waals surface area contributed by atoms with Crippen LogP contribution in [0.2, 0.25) is 5.02 Å². The molecule has 3 rings (SSSR count). The summed E-state index contributed by atoms with van der Waals surface area (Å²) in [5.74, 6) is -1.19. The molecule has 1 heterocycles. The van der Waals surface area contributed by atoms with Gasteiger partial charge in [-0.15, -0.1) is 0 Å². The van der Waals surface area contributed by atoms with Gasteiger partial charge in [0.1, 0.15) is 5.60 Å². The summed E-state index contributed by atoms with van der Waals surface area (Å²) in [7, 11) is 0. The van der Waals surface area contributed by atoms with Gasteiger partial charge >= 0.3 is 25.0 Å². The van der Waals surface area contributed by atoms with Crippen molar-refractivity contribution in [3.63, 3.8) is 0 Å². The van der Waals surface area contributed by atoms with Crippen molar-refractivity contribution in [2.24, 2.45) is 0 Å². The van der Waals surface area contributed by atoms with Gasteiger partial charge in [-0.1, -0.05) is 48.0 Å². The maximum absolute atomic E-state index is 12.9.